The number of hydrogen-bond acceptors (Lipinski definition) is 3. The van der Waals surface area contributed by atoms with Crippen molar-refractivity contribution in [2.24, 2.45) is 0 Å². The highest BCUT2D eigenvalue weighted by atomic mass is 31.2. The van der Waals surface area contributed by atoms with Gasteiger partial charge in [-0.25, -0.2) is 4.57 Å². The highest BCUT2D eigenvalue weighted by Crippen LogP contribution is 2.51. The summed E-state index contributed by atoms with van der Waals surface area (Å²) in [6.45, 7) is 2.09. The topological polar surface area (TPSA) is 35.5 Å². The fourth-order valence-electron chi connectivity index (χ4n) is 2.51. The zero-order valence-corrected chi connectivity index (χ0v) is 13.2. The standard InChI is InChI=1S/C16H25O3P/c1-2-3-14-20(17,18-15-10-6-4-7-11-15)19-16-12-8-5-9-13-16/h4,6-7,10-11,16H,2-3,5,8-9,12-14H2,1H3. The Morgan fingerprint density at radius 3 is 2.50 bits per heavy atom. The second-order valence-electron chi connectivity index (χ2n) is 5.46. The van der Waals surface area contributed by atoms with Crippen LogP contribution < -0.4 is 4.52 Å². The van der Waals surface area contributed by atoms with Crippen LogP contribution in [0.25, 0.3) is 0 Å². The van der Waals surface area contributed by atoms with E-state index in [2.05, 4.69) is 6.92 Å². The van der Waals surface area contributed by atoms with Gasteiger partial charge < -0.3 is 4.52 Å². The van der Waals surface area contributed by atoms with E-state index in [-0.39, 0.29) is 6.10 Å². The third kappa shape index (κ3) is 4.96. The predicted octanol–water partition coefficient (Wildman–Crippen LogP) is 5.41. The van der Waals surface area contributed by atoms with Crippen molar-refractivity contribution in [3.63, 3.8) is 0 Å². The second kappa shape index (κ2) is 7.85. The Morgan fingerprint density at radius 2 is 1.85 bits per heavy atom. The van der Waals surface area contributed by atoms with Gasteiger partial charge in [0.25, 0.3) is 0 Å². The van der Waals surface area contributed by atoms with Crippen molar-refractivity contribution in [1.82, 2.24) is 0 Å². The van der Waals surface area contributed by atoms with E-state index >= 15 is 0 Å². The summed E-state index contributed by atoms with van der Waals surface area (Å²) in [5, 5.41) is 0. The van der Waals surface area contributed by atoms with E-state index in [1.165, 1.54) is 19.3 Å². The molecule has 0 aromatic heterocycles. The molecule has 1 fully saturated rings. The van der Waals surface area contributed by atoms with E-state index in [0.717, 1.165) is 25.7 Å². The maximum Gasteiger partial charge on any atom is 0.379 e. The Bertz CT molecular complexity index is 427. The third-order valence-electron chi connectivity index (χ3n) is 3.64. The average molecular weight is 296 g/mol. The lowest BCUT2D eigenvalue weighted by Gasteiger charge is -2.27. The Morgan fingerprint density at radius 1 is 1.15 bits per heavy atom. The molecule has 112 valence electrons. The summed E-state index contributed by atoms with van der Waals surface area (Å²) in [5.74, 6) is 0.641. The number of para-hydroxylation sites is 1. The highest BCUT2D eigenvalue weighted by molar-refractivity contribution is 7.54. The first-order chi connectivity index (χ1) is 9.72. The summed E-state index contributed by atoms with van der Waals surface area (Å²) in [7, 11) is -3.03. The van der Waals surface area contributed by atoms with Crippen molar-refractivity contribution in [2.45, 2.75) is 58.0 Å². The minimum Gasteiger partial charge on any atom is -0.424 e. The molecule has 2 rings (SSSR count). The number of unbranched alkanes of at least 4 members (excludes halogenated alkanes) is 1. The smallest absolute Gasteiger partial charge is 0.379 e. The molecule has 0 amide bonds. The first kappa shape index (κ1) is 15.6. The third-order valence-corrected chi connectivity index (χ3v) is 5.61. The van der Waals surface area contributed by atoms with Crippen LogP contribution in [0.5, 0.6) is 5.75 Å². The molecule has 0 N–H and O–H groups in total. The molecule has 1 atom stereocenters. The zero-order valence-electron chi connectivity index (χ0n) is 12.3. The van der Waals surface area contributed by atoms with Gasteiger partial charge in [0.15, 0.2) is 0 Å². The fourth-order valence-corrected chi connectivity index (χ4v) is 4.56. The van der Waals surface area contributed by atoms with Crippen molar-refractivity contribution < 1.29 is 13.6 Å². The van der Waals surface area contributed by atoms with Crippen molar-refractivity contribution in [3.05, 3.63) is 30.3 Å². The van der Waals surface area contributed by atoms with Crippen LogP contribution in [0.4, 0.5) is 0 Å². The highest BCUT2D eigenvalue weighted by Gasteiger charge is 2.30. The Balaban J connectivity index is 2.01. The van der Waals surface area contributed by atoms with Crippen LogP contribution in [0.15, 0.2) is 30.3 Å². The molecular weight excluding hydrogens is 271 g/mol. The molecule has 0 spiro atoms. The molecule has 4 heteroatoms. The van der Waals surface area contributed by atoms with Crippen LogP contribution in [-0.4, -0.2) is 12.3 Å². The molecule has 1 aromatic rings. The van der Waals surface area contributed by atoms with Crippen LogP contribution in [0.1, 0.15) is 51.9 Å². The lowest BCUT2D eigenvalue weighted by atomic mass is 9.98. The van der Waals surface area contributed by atoms with Gasteiger partial charge in [-0.2, -0.15) is 0 Å². The summed E-state index contributed by atoms with van der Waals surface area (Å²) in [6.07, 6.45) is 8.10. The van der Waals surface area contributed by atoms with Gasteiger partial charge in [0.2, 0.25) is 0 Å². The number of benzene rings is 1. The van der Waals surface area contributed by atoms with Crippen molar-refractivity contribution in [3.8, 4) is 5.75 Å². The molecule has 20 heavy (non-hydrogen) atoms. The van der Waals surface area contributed by atoms with Gasteiger partial charge in [0.1, 0.15) is 5.75 Å². The van der Waals surface area contributed by atoms with E-state index in [0.29, 0.717) is 11.9 Å². The largest absolute Gasteiger partial charge is 0.424 e. The number of hydrogen-bond donors (Lipinski definition) is 0. The maximum atomic E-state index is 13.0. The second-order valence-corrected chi connectivity index (χ2v) is 7.52. The Kier molecular flexibility index (Phi) is 6.12. The summed E-state index contributed by atoms with van der Waals surface area (Å²) >= 11 is 0. The molecule has 0 bridgehead atoms. The first-order valence-corrected chi connectivity index (χ1v) is 9.47. The van der Waals surface area contributed by atoms with Crippen LogP contribution >= 0.6 is 7.60 Å². The minimum atomic E-state index is -3.03. The van der Waals surface area contributed by atoms with E-state index < -0.39 is 7.60 Å². The van der Waals surface area contributed by atoms with Crippen molar-refractivity contribution in [1.29, 1.82) is 0 Å². The van der Waals surface area contributed by atoms with Crippen LogP contribution in [-0.2, 0) is 9.09 Å². The van der Waals surface area contributed by atoms with Gasteiger partial charge in [-0.05, 0) is 31.4 Å². The molecule has 1 saturated carbocycles. The molecule has 0 aliphatic heterocycles. The van der Waals surface area contributed by atoms with Gasteiger partial charge in [-0.15, -0.1) is 0 Å². The summed E-state index contributed by atoms with van der Waals surface area (Å²) < 4.78 is 24.6. The molecule has 0 saturated heterocycles. The van der Waals surface area contributed by atoms with E-state index in [1.54, 1.807) is 0 Å². The van der Waals surface area contributed by atoms with Crippen molar-refractivity contribution in [2.75, 3.05) is 6.16 Å². The average Bonchev–Trinajstić information content (AvgIpc) is 2.47. The quantitative estimate of drug-likeness (QED) is 0.631. The summed E-state index contributed by atoms with van der Waals surface area (Å²) in [5.41, 5.74) is 0. The van der Waals surface area contributed by atoms with Crippen LogP contribution in [0.2, 0.25) is 0 Å². The van der Waals surface area contributed by atoms with E-state index in [9.17, 15) is 4.57 Å². The maximum absolute atomic E-state index is 13.0. The summed E-state index contributed by atoms with van der Waals surface area (Å²) in [4.78, 5) is 0. The van der Waals surface area contributed by atoms with Gasteiger partial charge in [-0.3, -0.25) is 4.52 Å². The molecule has 0 radical (unpaired) electrons. The summed E-state index contributed by atoms with van der Waals surface area (Å²) in [6, 6.07) is 9.37. The number of rotatable bonds is 7. The van der Waals surface area contributed by atoms with Crippen molar-refractivity contribution >= 4 is 7.60 Å². The predicted molar refractivity (Wildman–Crippen MR) is 82.4 cm³/mol. The molecule has 3 nitrogen and oxygen atoms in total. The lowest BCUT2D eigenvalue weighted by molar-refractivity contribution is 0.138. The lowest BCUT2D eigenvalue weighted by Crippen LogP contribution is -2.17. The van der Waals surface area contributed by atoms with E-state index in [4.69, 9.17) is 9.05 Å². The normalized spacial score (nSPS) is 19.4. The molecule has 1 aromatic carbocycles. The Hall–Kier alpha value is -0.790. The molecule has 0 heterocycles. The zero-order chi connectivity index (χ0) is 14.3. The van der Waals surface area contributed by atoms with Gasteiger partial charge in [0.05, 0.1) is 12.3 Å². The first-order valence-electron chi connectivity index (χ1n) is 7.74. The molecular formula is C16H25O3P. The minimum absolute atomic E-state index is 0.107. The van der Waals surface area contributed by atoms with E-state index in [1.807, 2.05) is 30.3 Å². The molecule has 1 aliphatic carbocycles. The van der Waals surface area contributed by atoms with Gasteiger partial charge >= 0.3 is 7.60 Å². The van der Waals surface area contributed by atoms with Gasteiger partial charge in [-0.1, -0.05) is 50.8 Å². The fraction of sp³-hybridized carbons (Fsp3) is 0.625. The Labute approximate surface area is 122 Å². The monoisotopic (exact) mass is 296 g/mol. The van der Waals surface area contributed by atoms with Gasteiger partial charge in [0, 0.05) is 0 Å². The molecule has 1 aliphatic rings. The van der Waals surface area contributed by atoms with Crippen LogP contribution in [0.3, 0.4) is 0 Å². The van der Waals surface area contributed by atoms with Crippen LogP contribution in [0, 0.1) is 0 Å². The molecule has 1 unspecified atom stereocenters. The SMILES string of the molecule is CCCCP(=O)(Oc1ccccc1)OC1CCCCC1.